The second kappa shape index (κ2) is 19.8. The molecule has 0 amide bonds. The number of hydrogen-bond acceptors (Lipinski definition) is 1. The quantitative estimate of drug-likeness (QED) is 0.233. The minimum Gasteiger partial charge on any atom is -0.500 e. The van der Waals surface area contributed by atoms with Crippen molar-refractivity contribution in [2.45, 2.75) is 139 Å². The summed E-state index contributed by atoms with van der Waals surface area (Å²) in [5.74, 6) is 0. The predicted molar refractivity (Wildman–Crippen MR) is 147 cm³/mol. The van der Waals surface area contributed by atoms with Crippen LogP contribution in [0.1, 0.15) is 122 Å². The number of hydrogen-bond donors (Lipinski definition) is 0. The van der Waals surface area contributed by atoms with Crippen molar-refractivity contribution in [3.63, 3.8) is 0 Å². The smallest absolute Gasteiger partial charge is 0.0680 e. The summed E-state index contributed by atoms with van der Waals surface area (Å²) in [6.07, 6.45) is 42.3. The van der Waals surface area contributed by atoms with E-state index >= 15 is 0 Å². The summed E-state index contributed by atoms with van der Waals surface area (Å²) in [6, 6.07) is 5.72. The molecule has 5 rings (SSSR count). The zero-order chi connectivity index (χ0) is 22.8. The molecule has 0 bridgehead atoms. The number of nitrogens with zero attached hydrogens (tertiary/aromatic N) is 1. The molecule has 0 spiro atoms. The molecule has 3 saturated carbocycles. The summed E-state index contributed by atoms with van der Waals surface area (Å²) in [7, 11) is -0.0465. The largest absolute Gasteiger partial charge is 0.500 e. The van der Waals surface area contributed by atoms with Gasteiger partial charge in [0.05, 0.1) is 17.0 Å². The molecule has 0 unspecified atom stereocenters. The predicted octanol–water partition coefficient (Wildman–Crippen LogP) is 9.56. The first-order valence-corrected chi connectivity index (χ1v) is 16.0. The van der Waals surface area contributed by atoms with E-state index < -0.39 is 0 Å². The maximum Gasteiger partial charge on any atom is 0.0680 e. The summed E-state index contributed by atoms with van der Waals surface area (Å²) in [5.41, 5.74) is 3.68. The molecule has 34 heavy (non-hydrogen) atoms. The first-order valence-electron chi connectivity index (χ1n) is 14.3. The van der Waals surface area contributed by atoms with E-state index in [0.717, 1.165) is 25.7 Å². The third-order valence-corrected chi connectivity index (χ3v) is 12.5. The van der Waals surface area contributed by atoms with Crippen molar-refractivity contribution in [2.75, 3.05) is 0 Å². The fraction of sp³-hybridized carbons (Fsp3) is 0.710. The fourth-order valence-corrected chi connectivity index (χ4v) is 11.6. The molecule has 1 aromatic rings. The van der Waals surface area contributed by atoms with Crippen LogP contribution in [0.2, 0.25) is 0 Å². The SMILES string of the molecule is C1CCC([PH+](C2CCCCC2)C2CCCCC2)CC1.[C-]1=CCC[C-]=CCC1.[Ir].c1ccncc1. The average Bonchev–Trinajstić information content (AvgIpc) is 2.88. The molecule has 0 N–H and O–H groups in total. The minimum atomic E-state index is -0.0465. The van der Waals surface area contributed by atoms with Crippen molar-refractivity contribution in [1.82, 2.24) is 4.98 Å². The minimum absolute atomic E-state index is 0. The molecule has 0 atom stereocenters. The van der Waals surface area contributed by atoms with Crippen LogP contribution in [0.15, 0.2) is 42.7 Å². The van der Waals surface area contributed by atoms with Crippen molar-refractivity contribution < 1.29 is 20.1 Å². The Bertz CT molecular complexity index is 533. The molecule has 3 heteroatoms. The van der Waals surface area contributed by atoms with Crippen LogP contribution in [0.5, 0.6) is 0 Å². The number of allylic oxidation sites excluding steroid dienone is 4. The van der Waals surface area contributed by atoms with Gasteiger partial charge in [0.2, 0.25) is 0 Å². The van der Waals surface area contributed by atoms with Gasteiger partial charge in [-0.25, -0.2) is 0 Å². The van der Waals surface area contributed by atoms with Crippen molar-refractivity contribution in [3.05, 3.63) is 54.9 Å². The Hall–Kier alpha value is -0.291. The molecule has 1 radical (unpaired) electrons. The summed E-state index contributed by atoms with van der Waals surface area (Å²) in [6.45, 7) is 0. The molecule has 1 nitrogen and oxygen atoms in total. The first kappa shape index (κ1) is 29.9. The molecule has 3 fully saturated rings. The monoisotopic (exact) mass is 659 g/mol. The van der Waals surface area contributed by atoms with Crippen LogP contribution in [0, 0.1) is 12.2 Å². The zero-order valence-corrected chi connectivity index (χ0v) is 24.9. The molecular weight excluding hydrogens is 610 g/mol. The van der Waals surface area contributed by atoms with Gasteiger partial charge in [-0.05, 0) is 89.2 Å². The Morgan fingerprint density at radius 3 is 1.21 bits per heavy atom. The van der Waals surface area contributed by atoms with Gasteiger partial charge in [0.25, 0.3) is 0 Å². The topological polar surface area (TPSA) is 12.9 Å². The molecule has 1 aromatic heterocycles. The van der Waals surface area contributed by atoms with Crippen LogP contribution >= 0.6 is 7.92 Å². The van der Waals surface area contributed by atoms with Crippen molar-refractivity contribution in [2.24, 2.45) is 0 Å². The van der Waals surface area contributed by atoms with E-state index in [1.54, 1.807) is 109 Å². The maximum atomic E-state index is 3.78. The molecule has 4 aliphatic rings. The van der Waals surface area contributed by atoms with E-state index in [-0.39, 0.29) is 28.0 Å². The second-order valence-corrected chi connectivity index (χ2v) is 13.9. The van der Waals surface area contributed by atoms with E-state index in [2.05, 4.69) is 29.3 Å². The van der Waals surface area contributed by atoms with E-state index in [9.17, 15) is 0 Å². The summed E-state index contributed by atoms with van der Waals surface area (Å²) in [4.78, 5) is 3.78. The van der Waals surface area contributed by atoms with E-state index in [1.165, 1.54) is 17.0 Å². The summed E-state index contributed by atoms with van der Waals surface area (Å²) < 4.78 is 0. The first-order chi connectivity index (χ1) is 16.4. The van der Waals surface area contributed by atoms with Crippen molar-refractivity contribution in [3.8, 4) is 0 Å². The third kappa shape index (κ3) is 12.1. The van der Waals surface area contributed by atoms with Gasteiger partial charge in [-0.2, -0.15) is 12.8 Å². The van der Waals surface area contributed by atoms with Gasteiger partial charge >= 0.3 is 0 Å². The van der Waals surface area contributed by atoms with Crippen LogP contribution in [0.25, 0.3) is 0 Å². The number of aromatic nitrogens is 1. The van der Waals surface area contributed by atoms with Gasteiger partial charge < -0.3 is 12.2 Å². The van der Waals surface area contributed by atoms with Crippen LogP contribution in [0.3, 0.4) is 0 Å². The zero-order valence-electron chi connectivity index (χ0n) is 21.5. The summed E-state index contributed by atoms with van der Waals surface area (Å²) >= 11 is 0. The Morgan fingerprint density at radius 2 is 0.912 bits per heavy atom. The van der Waals surface area contributed by atoms with E-state index in [4.69, 9.17) is 0 Å². The maximum absolute atomic E-state index is 3.78. The Morgan fingerprint density at radius 1 is 0.529 bits per heavy atom. The summed E-state index contributed by atoms with van der Waals surface area (Å²) in [5, 5.41) is 0. The van der Waals surface area contributed by atoms with Gasteiger partial charge in [0, 0.05) is 40.4 Å². The van der Waals surface area contributed by atoms with Gasteiger partial charge in [0.1, 0.15) is 0 Å². The van der Waals surface area contributed by atoms with E-state index in [0.29, 0.717) is 0 Å². The number of pyridine rings is 1. The van der Waals surface area contributed by atoms with Gasteiger partial charge in [0.15, 0.2) is 0 Å². The number of rotatable bonds is 3. The van der Waals surface area contributed by atoms with Gasteiger partial charge in [-0.1, -0.05) is 38.2 Å². The second-order valence-electron chi connectivity index (χ2n) is 10.4. The Kier molecular flexibility index (Phi) is 17.5. The van der Waals surface area contributed by atoms with Gasteiger partial charge in [-0.3, -0.25) is 17.1 Å². The van der Waals surface area contributed by atoms with Crippen LogP contribution in [-0.4, -0.2) is 22.0 Å². The average molecular weight is 659 g/mol. The fourth-order valence-electron chi connectivity index (χ4n) is 6.34. The molecular formula is C31H49IrNP-. The Balaban J connectivity index is 0.000000224. The van der Waals surface area contributed by atoms with Crippen LogP contribution < -0.4 is 0 Å². The van der Waals surface area contributed by atoms with E-state index in [1.807, 2.05) is 18.2 Å². The molecule has 0 aliphatic heterocycles. The standard InChI is InChI=1S/C18H33P.C8H10.C5H5N.Ir/c1-4-10-16(11-5-1)19(17-12-6-2-7-13-17)18-14-8-3-9-15-18;1-2-4-6-8-7-5-3-1;1-2-4-6-5-3-1;/h16-18H,1-15H2;1,8H,2,4-5,7H2;1-5H;/q;-2;;/p+1. The molecule has 0 aromatic carbocycles. The Labute approximate surface area is 226 Å². The normalized spacial score (nSPS) is 22.3. The van der Waals surface area contributed by atoms with Crippen LogP contribution in [-0.2, 0) is 20.1 Å². The van der Waals surface area contributed by atoms with Gasteiger partial charge in [-0.15, -0.1) is 0 Å². The molecule has 1 heterocycles. The molecule has 4 aliphatic carbocycles. The van der Waals surface area contributed by atoms with Crippen molar-refractivity contribution in [1.29, 1.82) is 0 Å². The van der Waals surface area contributed by atoms with Crippen LogP contribution in [0.4, 0.5) is 0 Å². The molecule has 0 saturated heterocycles. The third-order valence-electron chi connectivity index (χ3n) is 7.95. The molecule has 193 valence electrons. The van der Waals surface area contributed by atoms with Crippen molar-refractivity contribution >= 4 is 7.92 Å².